The maximum absolute atomic E-state index is 13.1. The molecule has 1 aliphatic carbocycles. The van der Waals surface area contributed by atoms with Crippen LogP contribution in [-0.4, -0.2) is 26.9 Å². The van der Waals surface area contributed by atoms with Gasteiger partial charge in [0.25, 0.3) is 0 Å². The molecule has 0 amide bonds. The summed E-state index contributed by atoms with van der Waals surface area (Å²) < 4.78 is 0. The van der Waals surface area contributed by atoms with E-state index in [2.05, 4.69) is 17.1 Å². The Morgan fingerprint density at radius 3 is 2.61 bits per heavy atom. The van der Waals surface area contributed by atoms with Crippen LogP contribution in [0.15, 0.2) is 77.8 Å². The van der Waals surface area contributed by atoms with E-state index in [9.17, 15) is 9.90 Å². The summed E-state index contributed by atoms with van der Waals surface area (Å²) in [5, 5.41) is 22.1. The number of fused-ring (bicyclic) bond motifs is 2. The molecule has 0 bridgehead atoms. The Hall–Kier alpha value is -4.06. The largest absolute Gasteiger partial charge is 0.858 e. The summed E-state index contributed by atoms with van der Waals surface area (Å²) in [5.74, 6) is -1.04. The first-order valence-corrected chi connectivity index (χ1v) is 12.5. The first-order valence-electron chi connectivity index (χ1n) is 12.5. The molecule has 6 heteroatoms. The van der Waals surface area contributed by atoms with Crippen molar-refractivity contribution in [2.24, 2.45) is 4.99 Å². The van der Waals surface area contributed by atoms with Crippen LogP contribution in [0.3, 0.4) is 0 Å². The van der Waals surface area contributed by atoms with Gasteiger partial charge in [-0.15, -0.1) is 0 Å². The Morgan fingerprint density at radius 2 is 1.78 bits per heavy atom. The van der Waals surface area contributed by atoms with E-state index >= 15 is 0 Å². The number of benzene rings is 3. The normalized spacial score (nSPS) is 15.6. The van der Waals surface area contributed by atoms with Crippen molar-refractivity contribution in [1.29, 1.82) is 0 Å². The number of aryl methyl sites for hydroxylation is 2. The van der Waals surface area contributed by atoms with Gasteiger partial charge in [-0.05, 0) is 73.2 Å². The molecule has 1 aliphatic rings. The SMILES string of the molecule is O=C(O)CCCCc1nc2cc(C([O-])=NC3CCCc4ccccc43)ccc2nc1-c1ccccc1. The van der Waals surface area contributed by atoms with Gasteiger partial charge in [-0.3, -0.25) is 9.79 Å². The number of unbranched alkanes of at least 4 members (excludes halogenated alkanes) is 1. The van der Waals surface area contributed by atoms with Crippen molar-refractivity contribution in [1.82, 2.24) is 9.97 Å². The minimum atomic E-state index is -0.796. The molecule has 0 aliphatic heterocycles. The van der Waals surface area contributed by atoms with Crippen molar-refractivity contribution in [3.8, 4) is 11.3 Å². The number of carboxylic acids is 1. The first-order chi connectivity index (χ1) is 17.6. The summed E-state index contributed by atoms with van der Waals surface area (Å²) in [7, 11) is 0. The van der Waals surface area contributed by atoms with Crippen LogP contribution < -0.4 is 5.11 Å². The molecule has 1 aromatic heterocycles. The molecule has 182 valence electrons. The number of aliphatic imine (C=N–C) groups is 1. The van der Waals surface area contributed by atoms with Crippen LogP contribution >= 0.6 is 0 Å². The van der Waals surface area contributed by atoms with E-state index in [1.165, 1.54) is 5.56 Å². The predicted octanol–water partition coefficient (Wildman–Crippen LogP) is 5.28. The topological polar surface area (TPSA) is 98.5 Å². The van der Waals surface area contributed by atoms with Crippen LogP contribution in [-0.2, 0) is 17.6 Å². The van der Waals surface area contributed by atoms with Gasteiger partial charge in [-0.2, -0.15) is 0 Å². The van der Waals surface area contributed by atoms with Crippen LogP contribution in [0.4, 0.5) is 0 Å². The number of carboxylic acid groups (broad SMARTS) is 1. The number of aliphatic carboxylic acids is 1. The molecule has 4 aromatic rings. The fourth-order valence-corrected chi connectivity index (χ4v) is 4.87. The lowest BCUT2D eigenvalue weighted by Gasteiger charge is -2.25. The van der Waals surface area contributed by atoms with Gasteiger partial charge < -0.3 is 10.2 Å². The third-order valence-corrected chi connectivity index (χ3v) is 6.70. The van der Waals surface area contributed by atoms with E-state index in [1.807, 2.05) is 48.5 Å². The Balaban J connectivity index is 1.48. The van der Waals surface area contributed by atoms with Crippen molar-refractivity contribution >= 4 is 22.9 Å². The van der Waals surface area contributed by atoms with Gasteiger partial charge in [0.2, 0.25) is 0 Å². The molecular weight excluding hydrogens is 450 g/mol. The summed E-state index contributed by atoms with van der Waals surface area (Å²) in [6, 6.07) is 23.4. The van der Waals surface area contributed by atoms with Gasteiger partial charge in [0.15, 0.2) is 0 Å². The van der Waals surface area contributed by atoms with Crippen LogP contribution in [0.25, 0.3) is 22.3 Å². The fourth-order valence-electron chi connectivity index (χ4n) is 4.87. The third kappa shape index (κ3) is 5.28. The van der Waals surface area contributed by atoms with E-state index in [0.717, 1.165) is 41.8 Å². The molecule has 0 fully saturated rings. The Kier molecular flexibility index (Phi) is 7.03. The van der Waals surface area contributed by atoms with Crippen molar-refractivity contribution in [3.05, 3.63) is 95.2 Å². The number of hydrogen-bond acceptors (Lipinski definition) is 5. The molecule has 5 rings (SSSR count). The maximum atomic E-state index is 13.1. The number of aromatic nitrogens is 2. The van der Waals surface area contributed by atoms with Crippen LogP contribution in [0.1, 0.15) is 60.5 Å². The van der Waals surface area contributed by atoms with E-state index in [0.29, 0.717) is 35.9 Å². The van der Waals surface area contributed by atoms with E-state index in [-0.39, 0.29) is 18.4 Å². The lowest BCUT2D eigenvalue weighted by Crippen LogP contribution is -2.21. The van der Waals surface area contributed by atoms with Gasteiger partial charge in [-0.25, -0.2) is 9.97 Å². The van der Waals surface area contributed by atoms with Crippen LogP contribution in [0.5, 0.6) is 0 Å². The molecule has 3 aromatic carbocycles. The summed E-state index contributed by atoms with van der Waals surface area (Å²) in [4.78, 5) is 25.3. The third-order valence-electron chi connectivity index (χ3n) is 6.70. The quantitative estimate of drug-likeness (QED) is 0.211. The number of nitrogens with zero attached hydrogens (tertiary/aromatic N) is 3. The molecule has 1 N–H and O–H groups in total. The van der Waals surface area contributed by atoms with Crippen molar-refractivity contribution < 1.29 is 15.0 Å². The van der Waals surface area contributed by atoms with Crippen LogP contribution in [0.2, 0.25) is 0 Å². The highest BCUT2D eigenvalue weighted by molar-refractivity contribution is 5.95. The number of hydrogen-bond donors (Lipinski definition) is 1. The highest BCUT2D eigenvalue weighted by Gasteiger charge is 2.19. The monoisotopic (exact) mass is 478 g/mol. The summed E-state index contributed by atoms with van der Waals surface area (Å²) in [6.07, 6.45) is 4.94. The lowest BCUT2D eigenvalue weighted by atomic mass is 9.88. The second-order valence-corrected chi connectivity index (χ2v) is 9.23. The summed E-state index contributed by atoms with van der Waals surface area (Å²) in [5.41, 5.74) is 6.85. The maximum Gasteiger partial charge on any atom is 0.303 e. The molecule has 0 radical (unpaired) electrons. The highest BCUT2D eigenvalue weighted by atomic mass is 16.4. The molecular formula is C30H28N3O3-. The zero-order valence-electron chi connectivity index (χ0n) is 20.1. The highest BCUT2D eigenvalue weighted by Crippen LogP contribution is 2.33. The van der Waals surface area contributed by atoms with E-state index < -0.39 is 5.97 Å². The minimum Gasteiger partial charge on any atom is -0.858 e. The van der Waals surface area contributed by atoms with Gasteiger partial charge in [0, 0.05) is 12.0 Å². The average Bonchev–Trinajstić information content (AvgIpc) is 2.91. The van der Waals surface area contributed by atoms with Crippen molar-refractivity contribution in [2.75, 3.05) is 0 Å². The zero-order valence-corrected chi connectivity index (χ0v) is 20.1. The Bertz CT molecular complexity index is 1420. The second-order valence-electron chi connectivity index (χ2n) is 9.23. The molecule has 1 atom stereocenters. The van der Waals surface area contributed by atoms with Crippen molar-refractivity contribution in [3.63, 3.8) is 0 Å². The fraction of sp³-hybridized carbons (Fsp3) is 0.267. The van der Waals surface area contributed by atoms with Gasteiger partial charge in [0.1, 0.15) is 0 Å². The smallest absolute Gasteiger partial charge is 0.303 e. The average molecular weight is 479 g/mol. The molecule has 0 saturated carbocycles. The molecule has 6 nitrogen and oxygen atoms in total. The Labute approximate surface area is 210 Å². The molecule has 1 unspecified atom stereocenters. The standard InChI is InChI=1S/C30H29N3O3/c34-28(35)16-7-6-14-26-29(21-10-2-1-3-11-21)32-25-18-17-22(19-27(25)31-26)30(36)33-24-15-8-12-20-9-4-5-13-23(20)24/h1-5,9-11,13,17-19,24H,6-8,12,14-16H2,(H,33,36)(H,34,35)/p-1. The summed E-state index contributed by atoms with van der Waals surface area (Å²) >= 11 is 0. The molecule has 1 heterocycles. The van der Waals surface area contributed by atoms with E-state index in [1.54, 1.807) is 12.1 Å². The summed E-state index contributed by atoms with van der Waals surface area (Å²) in [6.45, 7) is 0. The van der Waals surface area contributed by atoms with Gasteiger partial charge in [-0.1, -0.05) is 60.7 Å². The predicted molar refractivity (Wildman–Crippen MR) is 139 cm³/mol. The second kappa shape index (κ2) is 10.7. The minimum absolute atomic E-state index is 0.116. The van der Waals surface area contributed by atoms with Gasteiger partial charge >= 0.3 is 5.97 Å². The van der Waals surface area contributed by atoms with Gasteiger partial charge in [0.05, 0.1) is 28.5 Å². The lowest BCUT2D eigenvalue weighted by molar-refractivity contribution is -0.213. The molecule has 0 saturated heterocycles. The zero-order chi connectivity index (χ0) is 24.9. The Morgan fingerprint density at radius 1 is 0.972 bits per heavy atom. The number of carbonyl (C=O) groups is 1. The molecule has 0 spiro atoms. The van der Waals surface area contributed by atoms with E-state index in [4.69, 9.17) is 15.1 Å². The van der Waals surface area contributed by atoms with Crippen molar-refractivity contribution in [2.45, 2.75) is 51.0 Å². The number of rotatable bonds is 8. The molecule has 36 heavy (non-hydrogen) atoms. The van der Waals surface area contributed by atoms with Crippen LogP contribution in [0, 0.1) is 0 Å². The first kappa shape index (κ1) is 23.7.